The number of carbonyl (C=O) groups excluding carboxylic acids is 1. The molecule has 0 radical (unpaired) electrons. The second-order valence-corrected chi connectivity index (χ2v) is 5.61. The number of ether oxygens (including phenoxy) is 1. The van der Waals surface area contributed by atoms with Gasteiger partial charge in [-0.05, 0) is 19.2 Å². The van der Waals surface area contributed by atoms with Crippen molar-refractivity contribution in [2.24, 2.45) is 5.92 Å². The van der Waals surface area contributed by atoms with Crippen molar-refractivity contribution in [3.63, 3.8) is 0 Å². The number of methoxy groups -OCH3 is 1. The zero-order chi connectivity index (χ0) is 15.4. The highest BCUT2D eigenvalue weighted by Gasteiger charge is 2.16. The summed E-state index contributed by atoms with van der Waals surface area (Å²) in [6.07, 6.45) is 0. The fourth-order valence-corrected chi connectivity index (χ4v) is 2.55. The highest BCUT2D eigenvalue weighted by Crippen LogP contribution is 2.21. The zero-order valence-corrected chi connectivity index (χ0v) is 13.2. The van der Waals surface area contributed by atoms with Crippen molar-refractivity contribution >= 4 is 28.5 Å². The van der Waals surface area contributed by atoms with Gasteiger partial charge in [0.2, 0.25) is 0 Å². The Balaban J connectivity index is 2.12. The third-order valence-electron chi connectivity index (χ3n) is 3.38. The predicted molar refractivity (Wildman–Crippen MR) is 84.3 cm³/mol. The number of halogens is 1. The van der Waals surface area contributed by atoms with Gasteiger partial charge in [-0.15, -0.1) is 0 Å². The van der Waals surface area contributed by atoms with E-state index in [1.807, 2.05) is 49.2 Å². The number of benzene rings is 1. The molecular formula is C16H19ClN2O2. The summed E-state index contributed by atoms with van der Waals surface area (Å²) in [6, 6.07) is 9.91. The van der Waals surface area contributed by atoms with Gasteiger partial charge in [0.1, 0.15) is 5.15 Å². The first-order chi connectivity index (χ1) is 10.0. The van der Waals surface area contributed by atoms with E-state index in [9.17, 15) is 4.79 Å². The number of pyridine rings is 1. The van der Waals surface area contributed by atoms with Gasteiger partial charge >= 0.3 is 5.97 Å². The molecule has 21 heavy (non-hydrogen) atoms. The first kappa shape index (κ1) is 15.7. The third-order valence-corrected chi connectivity index (χ3v) is 3.71. The van der Waals surface area contributed by atoms with E-state index in [2.05, 4.69) is 4.98 Å². The van der Waals surface area contributed by atoms with Gasteiger partial charge in [-0.3, -0.25) is 4.79 Å². The van der Waals surface area contributed by atoms with Gasteiger partial charge in [0.25, 0.3) is 0 Å². The minimum Gasteiger partial charge on any atom is -0.469 e. The Bertz CT molecular complexity index is 645. The average molecular weight is 307 g/mol. The van der Waals surface area contributed by atoms with Crippen LogP contribution in [-0.4, -0.2) is 36.6 Å². The summed E-state index contributed by atoms with van der Waals surface area (Å²) in [7, 11) is 3.36. The van der Waals surface area contributed by atoms with E-state index in [4.69, 9.17) is 16.3 Å². The largest absolute Gasteiger partial charge is 0.469 e. The number of esters is 1. The molecule has 2 aromatic rings. The van der Waals surface area contributed by atoms with Crippen LogP contribution in [0.25, 0.3) is 10.9 Å². The summed E-state index contributed by atoms with van der Waals surface area (Å²) in [6.45, 7) is 3.09. The molecule has 0 N–H and O–H groups in total. The molecule has 0 spiro atoms. The van der Waals surface area contributed by atoms with E-state index in [-0.39, 0.29) is 11.9 Å². The number of hydrogen-bond acceptors (Lipinski definition) is 4. The van der Waals surface area contributed by atoms with Crippen molar-refractivity contribution in [2.75, 3.05) is 20.7 Å². The van der Waals surface area contributed by atoms with Crippen molar-refractivity contribution in [1.82, 2.24) is 9.88 Å². The highest BCUT2D eigenvalue weighted by atomic mass is 35.5. The Labute approximate surface area is 129 Å². The molecule has 4 nitrogen and oxygen atoms in total. The van der Waals surface area contributed by atoms with Gasteiger partial charge in [0.05, 0.1) is 18.5 Å². The first-order valence-electron chi connectivity index (χ1n) is 6.81. The minimum absolute atomic E-state index is 0.174. The molecule has 112 valence electrons. The van der Waals surface area contributed by atoms with E-state index in [0.29, 0.717) is 18.2 Å². The summed E-state index contributed by atoms with van der Waals surface area (Å²) in [5, 5.41) is 1.57. The number of hydrogen-bond donors (Lipinski definition) is 0. The normalized spacial score (nSPS) is 12.6. The summed E-state index contributed by atoms with van der Waals surface area (Å²) < 4.78 is 4.74. The van der Waals surface area contributed by atoms with Crippen LogP contribution in [0.3, 0.4) is 0 Å². The lowest BCUT2D eigenvalue weighted by molar-refractivity contribution is -0.145. The predicted octanol–water partition coefficient (Wildman–Crippen LogP) is 3.13. The van der Waals surface area contributed by atoms with E-state index < -0.39 is 0 Å². The van der Waals surface area contributed by atoms with Crippen LogP contribution in [0.1, 0.15) is 12.5 Å². The monoisotopic (exact) mass is 306 g/mol. The van der Waals surface area contributed by atoms with Gasteiger partial charge in [-0.25, -0.2) is 4.98 Å². The Hall–Kier alpha value is -1.65. The van der Waals surface area contributed by atoms with Crippen molar-refractivity contribution < 1.29 is 9.53 Å². The van der Waals surface area contributed by atoms with Crippen molar-refractivity contribution in [3.8, 4) is 0 Å². The van der Waals surface area contributed by atoms with E-state index >= 15 is 0 Å². The molecule has 1 aromatic carbocycles. The average Bonchev–Trinajstić information content (AvgIpc) is 2.47. The smallest absolute Gasteiger partial charge is 0.309 e. The molecule has 0 saturated heterocycles. The lowest BCUT2D eigenvalue weighted by Gasteiger charge is -2.20. The fourth-order valence-electron chi connectivity index (χ4n) is 2.35. The third kappa shape index (κ3) is 3.93. The van der Waals surface area contributed by atoms with Crippen LogP contribution in [0.5, 0.6) is 0 Å². The summed E-state index contributed by atoms with van der Waals surface area (Å²) >= 11 is 6.24. The molecule has 0 aliphatic heterocycles. The van der Waals surface area contributed by atoms with Crippen molar-refractivity contribution in [3.05, 3.63) is 41.0 Å². The van der Waals surface area contributed by atoms with Gasteiger partial charge in [0, 0.05) is 24.0 Å². The first-order valence-corrected chi connectivity index (χ1v) is 7.19. The second-order valence-electron chi connectivity index (χ2n) is 5.25. The molecule has 0 fully saturated rings. The Morgan fingerprint density at radius 2 is 2.14 bits per heavy atom. The van der Waals surface area contributed by atoms with Crippen LogP contribution in [0.2, 0.25) is 5.15 Å². The van der Waals surface area contributed by atoms with Gasteiger partial charge in [0.15, 0.2) is 0 Å². The SMILES string of the molecule is COC(=O)C(C)CN(C)Cc1cc2ccccc2nc1Cl. The zero-order valence-electron chi connectivity index (χ0n) is 12.5. The van der Waals surface area contributed by atoms with Crippen LogP contribution >= 0.6 is 11.6 Å². The number of rotatable bonds is 5. The maximum Gasteiger partial charge on any atom is 0.309 e. The molecule has 5 heteroatoms. The number of fused-ring (bicyclic) bond motifs is 1. The number of nitrogens with zero attached hydrogens (tertiary/aromatic N) is 2. The van der Waals surface area contributed by atoms with E-state index in [0.717, 1.165) is 16.5 Å². The molecule has 0 aliphatic rings. The number of aromatic nitrogens is 1. The Kier molecular flexibility index (Phi) is 5.15. The van der Waals surface area contributed by atoms with E-state index in [1.165, 1.54) is 7.11 Å². The summed E-state index contributed by atoms with van der Waals surface area (Å²) in [5.74, 6) is -0.378. The molecule has 0 amide bonds. The molecule has 0 aliphatic carbocycles. The second kappa shape index (κ2) is 6.87. The summed E-state index contributed by atoms with van der Waals surface area (Å²) in [5.41, 5.74) is 1.84. The lowest BCUT2D eigenvalue weighted by atomic mass is 10.1. The molecule has 2 rings (SSSR count). The highest BCUT2D eigenvalue weighted by molar-refractivity contribution is 6.30. The van der Waals surface area contributed by atoms with Gasteiger partial charge in [-0.2, -0.15) is 0 Å². The van der Waals surface area contributed by atoms with Crippen LogP contribution in [0.4, 0.5) is 0 Å². The molecular weight excluding hydrogens is 288 g/mol. The molecule has 1 heterocycles. The maximum atomic E-state index is 11.5. The topological polar surface area (TPSA) is 42.4 Å². The van der Waals surface area contributed by atoms with Crippen molar-refractivity contribution in [2.45, 2.75) is 13.5 Å². The van der Waals surface area contributed by atoms with Crippen LogP contribution in [0, 0.1) is 5.92 Å². The lowest BCUT2D eigenvalue weighted by Crippen LogP contribution is -2.29. The summed E-state index contributed by atoms with van der Waals surface area (Å²) in [4.78, 5) is 17.9. The Morgan fingerprint density at radius 3 is 2.86 bits per heavy atom. The molecule has 1 atom stereocenters. The molecule has 0 saturated carbocycles. The van der Waals surface area contributed by atoms with E-state index in [1.54, 1.807) is 0 Å². The van der Waals surface area contributed by atoms with Crippen LogP contribution < -0.4 is 0 Å². The molecule has 1 aromatic heterocycles. The molecule has 0 bridgehead atoms. The Morgan fingerprint density at radius 1 is 1.43 bits per heavy atom. The maximum absolute atomic E-state index is 11.5. The number of carbonyl (C=O) groups is 1. The van der Waals surface area contributed by atoms with Gasteiger partial charge in [-0.1, -0.05) is 36.7 Å². The van der Waals surface area contributed by atoms with Gasteiger partial charge < -0.3 is 9.64 Å². The van der Waals surface area contributed by atoms with Crippen LogP contribution in [-0.2, 0) is 16.1 Å². The van der Waals surface area contributed by atoms with Crippen molar-refractivity contribution in [1.29, 1.82) is 0 Å². The molecule has 1 unspecified atom stereocenters. The quantitative estimate of drug-likeness (QED) is 0.629. The van der Waals surface area contributed by atoms with Crippen LogP contribution in [0.15, 0.2) is 30.3 Å². The number of para-hydroxylation sites is 1. The standard InChI is InChI=1S/C16H19ClN2O2/c1-11(16(20)21-3)9-19(2)10-13-8-12-6-4-5-7-14(12)18-15(13)17/h4-8,11H,9-10H2,1-3H3. The fraction of sp³-hybridized carbons (Fsp3) is 0.375. The minimum atomic E-state index is -0.204.